The van der Waals surface area contributed by atoms with Crippen LogP contribution in [0.4, 0.5) is 0 Å². The zero-order chi connectivity index (χ0) is 21.5. The Kier molecular flexibility index (Phi) is 23.5. The number of halogens is 1. The number of hydrogen-bond acceptors (Lipinski definition) is 0. The van der Waals surface area contributed by atoms with Crippen molar-refractivity contribution in [1.29, 1.82) is 0 Å². The van der Waals surface area contributed by atoms with Crippen LogP contribution in [0.1, 0.15) is 168 Å². The number of rotatable bonds is 24. The molecule has 0 atom stereocenters. The highest BCUT2D eigenvalue weighted by atomic mass is 79.9. The average Bonchev–Trinajstić information content (AvgIpc) is 2.74. The van der Waals surface area contributed by atoms with Gasteiger partial charge < -0.3 is 0 Å². The molecule has 0 radical (unpaired) electrons. The summed E-state index contributed by atoms with van der Waals surface area (Å²) in [5.74, 6) is 0. The van der Waals surface area contributed by atoms with Gasteiger partial charge in [0.15, 0.2) is 0 Å². The third-order valence-electron chi connectivity index (χ3n) is 7.02. The highest BCUT2D eigenvalue weighted by Crippen LogP contribution is 2.41. The van der Waals surface area contributed by atoms with Gasteiger partial charge in [0.2, 0.25) is 0 Å². The minimum atomic E-state index is 0.691. The minimum absolute atomic E-state index is 0.691. The Hall–Kier alpha value is 0.480. The van der Waals surface area contributed by atoms with Gasteiger partial charge in [0.1, 0.15) is 0 Å². The van der Waals surface area contributed by atoms with E-state index in [0.717, 1.165) is 0 Å². The van der Waals surface area contributed by atoms with Crippen molar-refractivity contribution in [2.24, 2.45) is 5.41 Å². The quantitative estimate of drug-likeness (QED) is 0.0965. The summed E-state index contributed by atoms with van der Waals surface area (Å²) in [5, 5.41) is 1.18. The molecule has 1 heteroatoms. The van der Waals surface area contributed by atoms with E-state index in [1.807, 2.05) is 0 Å². The molecule has 0 amide bonds. The SMILES string of the molecule is CCCCC(CCCC)(CCCC)CCCCCCCCCCCCCCCBr. The average molecular weight is 474 g/mol. The van der Waals surface area contributed by atoms with Crippen molar-refractivity contribution in [3.05, 3.63) is 0 Å². The van der Waals surface area contributed by atoms with Gasteiger partial charge in [-0.3, -0.25) is 0 Å². The monoisotopic (exact) mass is 472 g/mol. The van der Waals surface area contributed by atoms with E-state index in [0.29, 0.717) is 5.41 Å². The maximum atomic E-state index is 3.52. The van der Waals surface area contributed by atoms with Crippen molar-refractivity contribution in [3.8, 4) is 0 Å². The van der Waals surface area contributed by atoms with E-state index in [2.05, 4.69) is 36.7 Å². The molecule has 0 unspecified atom stereocenters. The van der Waals surface area contributed by atoms with E-state index < -0.39 is 0 Å². The fourth-order valence-corrected chi connectivity index (χ4v) is 5.34. The highest BCUT2D eigenvalue weighted by molar-refractivity contribution is 9.09. The first kappa shape index (κ1) is 29.5. The summed E-state index contributed by atoms with van der Waals surface area (Å²) in [5.41, 5.74) is 0.691. The second kappa shape index (κ2) is 23.1. The van der Waals surface area contributed by atoms with Gasteiger partial charge in [0.25, 0.3) is 0 Å². The van der Waals surface area contributed by atoms with Gasteiger partial charge in [-0.15, -0.1) is 0 Å². The van der Waals surface area contributed by atoms with Crippen LogP contribution in [0.5, 0.6) is 0 Å². The Morgan fingerprint density at radius 3 is 0.966 bits per heavy atom. The van der Waals surface area contributed by atoms with Crippen LogP contribution in [0.2, 0.25) is 0 Å². The molecule has 0 saturated heterocycles. The van der Waals surface area contributed by atoms with Gasteiger partial charge in [-0.2, -0.15) is 0 Å². The topological polar surface area (TPSA) is 0 Å². The van der Waals surface area contributed by atoms with E-state index in [1.165, 1.54) is 153 Å². The number of alkyl halides is 1. The Balaban J connectivity index is 3.79. The first-order valence-electron chi connectivity index (χ1n) is 13.8. The van der Waals surface area contributed by atoms with Gasteiger partial charge in [-0.05, 0) is 37.5 Å². The normalized spacial score (nSPS) is 12.0. The van der Waals surface area contributed by atoms with Gasteiger partial charge in [0.05, 0.1) is 0 Å². The fraction of sp³-hybridized carbons (Fsp3) is 1.00. The molecule has 0 aliphatic carbocycles. The molecule has 0 spiro atoms. The second-order valence-electron chi connectivity index (χ2n) is 9.85. The largest absolute Gasteiger partial charge is 0.0928 e. The Bertz CT molecular complexity index is 277. The molecule has 0 heterocycles. The van der Waals surface area contributed by atoms with E-state index in [1.54, 1.807) is 0 Å². The second-order valence-corrected chi connectivity index (χ2v) is 10.6. The van der Waals surface area contributed by atoms with Crippen LogP contribution < -0.4 is 0 Å². The van der Waals surface area contributed by atoms with Gasteiger partial charge >= 0.3 is 0 Å². The zero-order valence-corrected chi connectivity index (χ0v) is 22.4. The van der Waals surface area contributed by atoms with Crippen LogP contribution in [0, 0.1) is 5.41 Å². The summed E-state index contributed by atoms with van der Waals surface area (Å²) in [4.78, 5) is 0. The van der Waals surface area contributed by atoms with E-state index in [4.69, 9.17) is 0 Å². The van der Waals surface area contributed by atoms with Crippen LogP contribution in [0.3, 0.4) is 0 Å². The summed E-state index contributed by atoms with van der Waals surface area (Å²) in [6, 6.07) is 0. The first-order valence-corrected chi connectivity index (χ1v) is 14.9. The molecular weight excluding hydrogens is 416 g/mol. The molecule has 0 aromatic rings. The molecular formula is C28H57Br. The smallest absolute Gasteiger partial charge is 0.00313 e. The van der Waals surface area contributed by atoms with Gasteiger partial charge in [-0.25, -0.2) is 0 Å². The Morgan fingerprint density at radius 1 is 0.379 bits per heavy atom. The molecule has 0 aromatic heterocycles. The maximum absolute atomic E-state index is 3.52. The molecule has 0 aromatic carbocycles. The lowest BCUT2D eigenvalue weighted by Crippen LogP contribution is -2.21. The lowest BCUT2D eigenvalue weighted by atomic mass is 9.71. The van der Waals surface area contributed by atoms with Crippen molar-refractivity contribution < 1.29 is 0 Å². The van der Waals surface area contributed by atoms with Gasteiger partial charge in [-0.1, -0.05) is 152 Å². The third-order valence-corrected chi connectivity index (χ3v) is 7.58. The molecule has 0 bridgehead atoms. The molecule has 0 fully saturated rings. The lowest BCUT2D eigenvalue weighted by Gasteiger charge is -2.35. The van der Waals surface area contributed by atoms with Crippen molar-refractivity contribution >= 4 is 15.9 Å². The fourth-order valence-electron chi connectivity index (χ4n) is 4.94. The van der Waals surface area contributed by atoms with E-state index in [-0.39, 0.29) is 0 Å². The van der Waals surface area contributed by atoms with Crippen LogP contribution in [-0.4, -0.2) is 5.33 Å². The van der Waals surface area contributed by atoms with Crippen LogP contribution in [-0.2, 0) is 0 Å². The minimum Gasteiger partial charge on any atom is -0.0928 e. The lowest BCUT2D eigenvalue weighted by molar-refractivity contribution is 0.175. The van der Waals surface area contributed by atoms with Crippen LogP contribution in [0.15, 0.2) is 0 Å². The Labute approximate surface area is 194 Å². The summed E-state index contributed by atoms with van der Waals surface area (Å²) in [6.45, 7) is 7.11. The molecule has 176 valence electrons. The molecule has 0 saturated carbocycles. The third kappa shape index (κ3) is 18.9. The summed E-state index contributed by atoms with van der Waals surface area (Å²) < 4.78 is 0. The molecule has 29 heavy (non-hydrogen) atoms. The molecule has 0 rings (SSSR count). The van der Waals surface area contributed by atoms with Crippen LogP contribution >= 0.6 is 15.9 Å². The first-order chi connectivity index (χ1) is 14.2. The number of unbranched alkanes of at least 4 members (excludes halogenated alkanes) is 15. The highest BCUT2D eigenvalue weighted by Gasteiger charge is 2.27. The molecule has 0 N–H and O–H groups in total. The van der Waals surface area contributed by atoms with E-state index >= 15 is 0 Å². The van der Waals surface area contributed by atoms with Gasteiger partial charge in [0, 0.05) is 5.33 Å². The maximum Gasteiger partial charge on any atom is 0.00313 e. The van der Waals surface area contributed by atoms with Crippen molar-refractivity contribution in [3.63, 3.8) is 0 Å². The van der Waals surface area contributed by atoms with Crippen molar-refractivity contribution in [2.75, 3.05) is 5.33 Å². The summed E-state index contributed by atoms with van der Waals surface area (Å²) >= 11 is 3.52. The van der Waals surface area contributed by atoms with E-state index in [9.17, 15) is 0 Å². The summed E-state index contributed by atoms with van der Waals surface area (Å²) in [6.07, 6.45) is 33.5. The van der Waals surface area contributed by atoms with Crippen LogP contribution in [0.25, 0.3) is 0 Å². The van der Waals surface area contributed by atoms with Crippen molar-refractivity contribution in [2.45, 2.75) is 168 Å². The Morgan fingerprint density at radius 2 is 0.655 bits per heavy atom. The predicted octanol–water partition coefficient (Wildman–Crippen LogP) is 11.4. The standard InChI is InChI=1S/C28H57Br/c1-4-7-23-28(24-8-5-2,25-9-6-3)26-21-19-17-15-13-11-10-12-14-16-18-20-22-27-29/h4-27H2,1-3H3. The predicted molar refractivity (Wildman–Crippen MR) is 139 cm³/mol. The van der Waals surface area contributed by atoms with Crippen molar-refractivity contribution in [1.82, 2.24) is 0 Å². The zero-order valence-electron chi connectivity index (χ0n) is 20.8. The molecule has 0 aliphatic rings. The number of hydrogen-bond donors (Lipinski definition) is 0. The summed E-state index contributed by atoms with van der Waals surface area (Å²) in [7, 11) is 0. The molecule has 0 aliphatic heterocycles. The molecule has 0 nitrogen and oxygen atoms in total.